The molecule has 228 valence electrons. The Bertz CT molecular complexity index is 1740. The Morgan fingerprint density at radius 1 is 1.07 bits per heavy atom. The molecule has 0 unspecified atom stereocenters. The maximum atomic E-state index is 14.8. The van der Waals surface area contributed by atoms with E-state index < -0.39 is 46.0 Å². The number of hydrogen-bond acceptors (Lipinski definition) is 9. The summed E-state index contributed by atoms with van der Waals surface area (Å²) in [5, 5.41) is 14.4. The SMILES string of the molecule is Cc1ccc2c(NS(=O)(=O)CCC(F)(F)F)c(F)ccc2c1Oc1nnccc1-c1ccnc(N[C@@H]2CNC[C@@H](F)C2)n1. The van der Waals surface area contributed by atoms with Gasteiger partial charge >= 0.3 is 6.18 Å². The van der Waals surface area contributed by atoms with Crippen LogP contribution >= 0.6 is 0 Å². The van der Waals surface area contributed by atoms with Crippen LogP contribution < -0.4 is 20.1 Å². The van der Waals surface area contributed by atoms with E-state index in [2.05, 4.69) is 30.8 Å². The van der Waals surface area contributed by atoms with Crippen molar-refractivity contribution in [3.63, 3.8) is 0 Å². The monoisotopic (exact) mass is 623 g/mol. The fourth-order valence-corrected chi connectivity index (χ4v) is 5.72. The first-order valence-electron chi connectivity index (χ1n) is 13.1. The van der Waals surface area contributed by atoms with E-state index in [9.17, 15) is 30.4 Å². The maximum absolute atomic E-state index is 14.8. The van der Waals surface area contributed by atoms with Crippen LogP contribution in [0.1, 0.15) is 18.4 Å². The van der Waals surface area contributed by atoms with Crippen molar-refractivity contribution in [3.05, 3.63) is 60.2 Å². The predicted molar refractivity (Wildman–Crippen MR) is 150 cm³/mol. The maximum Gasteiger partial charge on any atom is 0.390 e. The van der Waals surface area contributed by atoms with E-state index >= 15 is 0 Å². The molecule has 0 radical (unpaired) electrons. The molecule has 0 spiro atoms. The fraction of sp³-hybridized carbons (Fsp3) is 0.333. The summed E-state index contributed by atoms with van der Waals surface area (Å²) >= 11 is 0. The molecule has 1 fully saturated rings. The van der Waals surface area contributed by atoms with Crippen LogP contribution in [0.2, 0.25) is 0 Å². The molecule has 1 saturated heterocycles. The van der Waals surface area contributed by atoms with Crippen LogP contribution in [0.25, 0.3) is 22.0 Å². The molecule has 0 amide bonds. The van der Waals surface area contributed by atoms with Gasteiger partial charge in [-0.1, -0.05) is 12.1 Å². The van der Waals surface area contributed by atoms with E-state index in [1.54, 1.807) is 25.1 Å². The third-order valence-electron chi connectivity index (χ3n) is 6.66. The van der Waals surface area contributed by atoms with Gasteiger partial charge in [0.1, 0.15) is 17.7 Å². The normalized spacial score (nSPS) is 17.5. The number of aryl methyl sites for hydroxylation is 1. The summed E-state index contributed by atoms with van der Waals surface area (Å²) in [5.74, 6) is -1.79. The average Bonchev–Trinajstić information content (AvgIpc) is 2.95. The van der Waals surface area contributed by atoms with Crippen molar-refractivity contribution in [2.75, 3.05) is 28.9 Å². The van der Waals surface area contributed by atoms with Crippen LogP contribution in [0, 0.1) is 12.7 Å². The van der Waals surface area contributed by atoms with Gasteiger partial charge in [-0.2, -0.15) is 18.3 Å². The molecule has 43 heavy (non-hydrogen) atoms. The first-order chi connectivity index (χ1) is 20.4. The average molecular weight is 624 g/mol. The number of halogens is 5. The lowest BCUT2D eigenvalue weighted by atomic mass is 10.0. The molecule has 16 heteroatoms. The summed E-state index contributed by atoms with van der Waals surface area (Å²) < 4.78 is 99.5. The van der Waals surface area contributed by atoms with Crippen molar-refractivity contribution in [1.29, 1.82) is 0 Å². The summed E-state index contributed by atoms with van der Waals surface area (Å²) in [5.41, 5.74) is 0.877. The van der Waals surface area contributed by atoms with Gasteiger partial charge in [0.25, 0.3) is 0 Å². The lowest BCUT2D eigenvalue weighted by Gasteiger charge is -2.26. The first-order valence-corrected chi connectivity index (χ1v) is 14.8. The number of hydrogen-bond donors (Lipinski definition) is 3. The molecular weight excluding hydrogens is 597 g/mol. The summed E-state index contributed by atoms with van der Waals surface area (Å²) in [6, 6.07) is 8.33. The molecule has 2 aromatic heterocycles. The highest BCUT2D eigenvalue weighted by molar-refractivity contribution is 7.92. The van der Waals surface area contributed by atoms with Crippen LogP contribution in [0.15, 0.2) is 48.8 Å². The number of nitrogens with one attached hydrogen (secondary N) is 3. The Kier molecular flexibility index (Phi) is 8.59. The number of benzene rings is 2. The molecule has 3 N–H and O–H groups in total. The minimum Gasteiger partial charge on any atom is -0.436 e. The standard InChI is InChI=1S/C27H26F5N7O3S/c1-15-2-3-18-19(4-5-21(29)23(18)39-43(40,41)11-8-27(30,31)32)24(15)42-25-20(6-10-35-38-25)22-7-9-34-26(37-22)36-17-12-16(28)13-33-14-17/h2-7,9-10,16-17,33,39H,8,11-14H2,1H3,(H,34,36,37)/t16-,17-/m0/s1. The summed E-state index contributed by atoms with van der Waals surface area (Å²) in [6.45, 7) is 2.53. The molecule has 0 bridgehead atoms. The minimum absolute atomic E-state index is 0.0162. The smallest absolute Gasteiger partial charge is 0.390 e. The number of anilines is 2. The topological polar surface area (TPSA) is 131 Å². The van der Waals surface area contributed by atoms with Gasteiger partial charge in [0.05, 0.1) is 35.3 Å². The molecule has 0 aliphatic carbocycles. The van der Waals surface area contributed by atoms with E-state index in [-0.39, 0.29) is 40.9 Å². The second-order valence-electron chi connectivity index (χ2n) is 9.97. The minimum atomic E-state index is -4.70. The highest BCUT2D eigenvalue weighted by Gasteiger charge is 2.30. The predicted octanol–water partition coefficient (Wildman–Crippen LogP) is 5.13. The van der Waals surface area contributed by atoms with E-state index in [0.29, 0.717) is 29.8 Å². The number of fused-ring (bicyclic) bond motifs is 1. The van der Waals surface area contributed by atoms with E-state index in [1.807, 2.05) is 4.72 Å². The lowest BCUT2D eigenvalue weighted by Crippen LogP contribution is -2.44. The zero-order chi connectivity index (χ0) is 30.8. The highest BCUT2D eigenvalue weighted by atomic mass is 32.2. The Morgan fingerprint density at radius 3 is 2.63 bits per heavy atom. The van der Waals surface area contributed by atoms with Gasteiger partial charge < -0.3 is 15.4 Å². The van der Waals surface area contributed by atoms with E-state index in [4.69, 9.17) is 4.74 Å². The lowest BCUT2D eigenvalue weighted by molar-refractivity contribution is -0.129. The van der Waals surface area contributed by atoms with Gasteiger partial charge in [-0.15, -0.1) is 5.10 Å². The number of rotatable bonds is 9. The molecule has 10 nitrogen and oxygen atoms in total. The van der Waals surface area contributed by atoms with Crippen LogP contribution in [0.3, 0.4) is 0 Å². The van der Waals surface area contributed by atoms with Crippen LogP contribution in [0.4, 0.5) is 33.6 Å². The number of sulfonamides is 1. The van der Waals surface area contributed by atoms with E-state index in [0.717, 1.165) is 6.07 Å². The van der Waals surface area contributed by atoms with Gasteiger partial charge in [0.15, 0.2) is 0 Å². The molecule has 5 rings (SSSR count). The Hall–Kier alpha value is -4.18. The van der Waals surface area contributed by atoms with Crippen molar-refractivity contribution in [1.82, 2.24) is 25.5 Å². The highest BCUT2D eigenvalue weighted by Crippen LogP contribution is 2.39. The second-order valence-corrected chi connectivity index (χ2v) is 11.8. The second kappa shape index (κ2) is 12.2. The number of nitrogens with zero attached hydrogens (tertiary/aromatic N) is 4. The van der Waals surface area contributed by atoms with Crippen molar-refractivity contribution >= 4 is 32.4 Å². The summed E-state index contributed by atoms with van der Waals surface area (Å²) in [4.78, 5) is 8.75. The van der Waals surface area contributed by atoms with Crippen LogP contribution in [-0.2, 0) is 10.0 Å². The zero-order valence-corrected chi connectivity index (χ0v) is 23.4. The molecular formula is C27H26F5N7O3S. The van der Waals surface area contributed by atoms with Gasteiger partial charge in [-0.05, 0) is 36.8 Å². The zero-order valence-electron chi connectivity index (χ0n) is 22.6. The van der Waals surface area contributed by atoms with Gasteiger partial charge in [0, 0.05) is 42.5 Å². The largest absolute Gasteiger partial charge is 0.436 e. The molecule has 2 aromatic carbocycles. The number of aromatic nitrogens is 4. The van der Waals surface area contributed by atoms with Crippen molar-refractivity contribution in [2.45, 2.75) is 38.2 Å². The molecule has 2 atom stereocenters. The molecule has 0 saturated carbocycles. The van der Waals surface area contributed by atoms with Crippen molar-refractivity contribution < 1.29 is 35.1 Å². The van der Waals surface area contributed by atoms with Crippen LogP contribution in [0.5, 0.6) is 11.6 Å². The van der Waals surface area contributed by atoms with Crippen LogP contribution in [-0.4, -0.2) is 65.8 Å². The Morgan fingerprint density at radius 2 is 1.86 bits per heavy atom. The molecule has 1 aliphatic heterocycles. The summed E-state index contributed by atoms with van der Waals surface area (Å²) in [6.07, 6.45) is -4.05. The van der Waals surface area contributed by atoms with Gasteiger partial charge in [-0.25, -0.2) is 27.2 Å². The van der Waals surface area contributed by atoms with Gasteiger partial charge in [0.2, 0.25) is 21.9 Å². The van der Waals surface area contributed by atoms with Gasteiger partial charge in [-0.3, -0.25) is 4.72 Å². The number of alkyl halides is 4. The summed E-state index contributed by atoms with van der Waals surface area (Å²) in [7, 11) is -4.54. The van der Waals surface area contributed by atoms with Crippen molar-refractivity contribution in [3.8, 4) is 22.9 Å². The van der Waals surface area contributed by atoms with Crippen molar-refractivity contribution in [2.24, 2.45) is 0 Å². The Balaban J connectivity index is 1.47. The molecule has 4 aromatic rings. The van der Waals surface area contributed by atoms with E-state index in [1.165, 1.54) is 24.5 Å². The quantitative estimate of drug-likeness (QED) is 0.217. The number of piperidine rings is 1. The third kappa shape index (κ3) is 7.43. The fourth-order valence-electron chi connectivity index (χ4n) is 4.60. The number of ether oxygens (including phenoxy) is 1. The molecule has 1 aliphatic rings. The Labute approximate surface area is 243 Å². The first kappa shape index (κ1) is 30.3. The molecule has 3 heterocycles. The third-order valence-corrected chi connectivity index (χ3v) is 7.91.